The molecular weight excluding hydrogens is 190 g/mol. The third-order valence-electron chi connectivity index (χ3n) is 1.38. The maximum Gasteiger partial charge on any atom is 0.342 e. The third-order valence-corrected chi connectivity index (χ3v) is 1.38. The first-order valence-electron chi connectivity index (χ1n) is 3.81. The first kappa shape index (κ1) is 9.96. The van der Waals surface area contributed by atoms with Crippen LogP contribution in [0.5, 0.6) is 0 Å². The Morgan fingerprint density at radius 1 is 1.50 bits per heavy atom. The van der Waals surface area contributed by atoms with Crippen molar-refractivity contribution in [1.29, 1.82) is 0 Å². The molecule has 1 aromatic heterocycles. The second kappa shape index (κ2) is 4.21. The zero-order chi connectivity index (χ0) is 10.6. The molecule has 8 nitrogen and oxygen atoms in total. The Hall–Kier alpha value is -2.12. The van der Waals surface area contributed by atoms with Gasteiger partial charge >= 0.3 is 5.69 Å². The molecule has 1 rings (SSSR count). The summed E-state index contributed by atoms with van der Waals surface area (Å²) in [6, 6.07) is 0. The summed E-state index contributed by atoms with van der Waals surface area (Å²) in [4.78, 5) is 33.9. The van der Waals surface area contributed by atoms with Gasteiger partial charge in [0, 0.05) is 13.0 Å². The lowest BCUT2D eigenvalue weighted by molar-refractivity contribution is -0.117. The molecular formula is C6H9N5O3. The number of hydrogen-bond acceptors (Lipinski definition) is 5. The molecule has 0 aromatic carbocycles. The number of nitrogens with two attached hydrogens (primary N) is 1. The minimum atomic E-state index is -0.685. The Morgan fingerprint density at radius 3 is 2.79 bits per heavy atom. The van der Waals surface area contributed by atoms with Gasteiger partial charge in [-0.2, -0.15) is 0 Å². The standard InChI is InChI=1S/C6H9N5O3/c7-3(12)1-2-8-4-5(13)9-6(14)11-10-4/h1-2H2,(H2,7,12)(H,8,10)(H2,9,11,13,14). The quantitative estimate of drug-likeness (QED) is 0.434. The maximum atomic E-state index is 11.0. The predicted octanol–water partition coefficient (Wildman–Crippen LogP) is -2.25. The van der Waals surface area contributed by atoms with Crippen LogP contribution in [0.2, 0.25) is 0 Å². The molecule has 0 fully saturated rings. The van der Waals surface area contributed by atoms with Crippen molar-refractivity contribution in [3.63, 3.8) is 0 Å². The molecule has 14 heavy (non-hydrogen) atoms. The van der Waals surface area contributed by atoms with Gasteiger partial charge in [0.15, 0.2) is 0 Å². The van der Waals surface area contributed by atoms with Gasteiger partial charge in [-0.1, -0.05) is 0 Å². The first-order chi connectivity index (χ1) is 6.59. The van der Waals surface area contributed by atoms with Crippen molar-refractivity contribution in [2.24, 2.45) is 5.73 Å². The smallest absolute Gasteiger partial charge is 0.342 e. The summed E-state index contributed by atoms with van der Waals surface area (Å²) in [5, 5.41) is 8.01. The minimum absolute atomic E-state index is 0.0501. The van der Waals surface area contributed by atoms with Crippen molar-refractivity contribution in [2.75, 3.05) is 11.9 Å². The van der Waals surface area contributed by atoms with Gasteiger partial charge in [0.2, 0.25) is 11.7 Å². The highest BCUT2D eigenvalue weighted by Gasteiger charge is 2.01. The average Bonchev–Trinajstić information content (AvgIpc) is 2.08. The summed E-state index contributed by atoms with van der Waals surface area (Å²) in [6.07, 6.45) is 0.0836. The summed E-state index contributed by atoms with van der Waals surface area (Å²) in [5.74, 6) is -0.538. The highest BCUT2D eigenvalue weighted by molar-refractivity contribution is 5.74. The predicted molar refractivity (Wildman–Crippen MR) is 47.8 cm³/mol. The van der Waals surface area contributed by atoms with E-state index in [1.165, 1.54) is 0 Å². The molecule has 0 bridgehead atoms. The van der Waals surface area contributed by atoms with E-state index in [-0.39, 0.29) is 18.8 Å². The Bertz CT molecular complexity index is 434. The number of aromatic nitrogens is 3. The number of nitrogens with zero attached hydrogens (tertiary/aromatic N) is 1. The Labute approximate surface area is 77.5 Å². The van der Waals surface area contributed by atoms with Crippen molar-refractivity contribution in [3.05, 3.63) is 20.8 Å². The SMILES string of the molecule is NC(=O)CCNc1n[nH]c(=O)[nH]c1=O. The van der Waals surface area contributed by atoms with E-state index < -0.39 is 17.2 Å². The maximum absolute atomic E-state index is 11.0. The number of anilines is 1. The zero-order valence-electron chi connectivity index (χ0n) is 7.16. The van der Waals surface area contributed by atoms with Crippen LogP contribution < -0.4 is 22.3 Å². The van der Waals surface area contributed by atoms with E-state index in [9.17, 15) is 14.4 Å². The lowest BCUT2D eigenvalue weighted by atomic mass is 10.4. The number of H-pyrrole nitrogens is 2. The molecule has 0 spiro atoms. The largest absolute Gasteiger partial charge is 0.370 e. The fraction of sp³-hybridized carbons (Fsp3) is 0.333. The van der Waals surface area contributed by atoms with E-state index in [1.807, 2.05) is 10.1 Å². The lowest BCUT2D eigenvalue weighted by Crippen LogP contribution is -2.28. The number of hydrogen-bond donors (Lipinski definition) is 4. The van der Waals surface area contributed by atoms with Crippen LogP contribution in [0.25, 0.3) is 0 Å². The van der Waals surface area contributed by atoms with E-state index in [1.54, 1.807) is 0 Å². The molecule has 1 aromatic rings. The van der Waals surface area contributed by atoms with Gasteiger partial charge in [0.05, 0.1) is 0 Å². The lowest BCUT2D eigenvalue weighted by Gasteiger charge is -2.00. The highest BCUT2D eigenvalue weighted by Crippen LogP contribution is 1.86. The topological polar surface area (TPSA) is 134 Å². The van der Waals surface area contributed by atoms with Crippen molar-refractivity contribution >= 4 is 11.7 Å². The molecule has 1 heterocycles. The Balaban J connectivity index is 2.64. The number of aromatic amines is 2. The van der Waals surface area contributed by atoms with Crippen molar-refractivity contribution in [2.45, 2.75) is 6.42 Å². The molecule has 0 atom stereocenters. The van der Waals surface area contributed by atoms with E-state index in [4.69, 9.17) is 5.73 Å². The molecule has 1 amide bonds. The molecule has 0 saturated heterocycles. The second-order valence-electron chi connectivity index (χ2n) is 2.50. The molecule has 0 aliphatic carbocycles. The summed E-state index contributed by atoms with van der Waals surface area (Å²) in [7, 11) is 0. The molecule has 0 unspecified atom stereocenters. The van der Waals surface area contributed by atoms with Crippen LogP contribution in [0.3, 0.4) is 0 Å². The molecule has 0 aliphatic heterocycles. The van der Waals surface area contributed by atoms with Crippen LogP contribution in [-0.2, 0) is 4.79 Å². The van der Waals surface area contributed by atoms with Crippen molar-refractivity contribution in [3.8, 4) is 0 Å². The van der Waals surface area contributed by atoms with Crippen molar-refractivity contribution in [1.82, 2.24) is 15.2 Å². The number of amides is 1. The normalized spacial score (nSPS) is 9.71. The Morgan fingerprint density at radius 2 is 2.21 bits per heavy atom. The van der Waals surface area contributed by atoms with Crippen LogP contribution in [0, 0.1) is 0 Å². The highest BCUT2D eigenvalue weighted by atomic mass is 16.2. The molecule has 0 aliphatic rings. The third kappa shape index (κ3) is 2.73. The van der Waals surface area contributed by atoms with Crippen LogP contribution in [0.4, 0.5) is 5.82 Å². The number of carbonyl (C=O) groups is 1. The van der Waals surface area contributed by atoms with Gasteiger partial charge < -0.3 is 11.1 Å². The van der Waals surface area contributed by atoms with E-state index in [0.717, 1.165) is 0 Å². The summed E-state index contributed by atoms with van der Waals surface area (Å²) < 4.78 is 0. The van der Waals surface area contributed by atoms with Crippen LogP contribution in [0.15, 0.2) is 9.59 Å². The molecule has 76 valence electrons. The van der Waals surface area contributed by atoms with Gasteiger partial charge in [0.25, 0.3) is 5.56 Å². The van der Waals surface area contributed by atoms with Gasteiger partial charge in [-0.3, -0.25) is 14.6 Å². The zero-order valence-corrected chi connectivity index (χ0v) is 7.16. The van der Waals surface area contributed by atoms with Crippen LogP contribution >= 0.6 is 0 Å². The van der Waals surface area contributed by atoms with Crippen LogP contribution in [0.1, 0.15) is 6.42 Å². The van der Waals surface area contributed by atoms with E-state index in [2.05, 4.69) is 10.4 Å². The van der Waals surface area contributed by atoms with Crippen LogP contribution in [-0.4, -0.2) is 27.6 Å². The average molecular weight is 199 g/mol. The Kier molecular flexibility index (Phi) is 3.00. The van der Waals surface area contributed by atoms with Gasteiger partial charge in [-0.15, -0.1) is 5.10 Å². The first-order valence-corrected chi connectivity index (χ1v) is 3.81. The summed E-state index contributed by atoms with van der Waals surface area (Å²) in [5.41, 5.74) is 3.55. The van der Waals surface area contributed by atoms with E-state index in [0.29, 0.717) is 0 Å². The van der Waals surface area contributed by atoms with E-state index >= 15 is 0 Å². The van der Waals surface area contributed by atoms with Gasteiger partial charge in [-0.05, 0) is 0 Å². The summed E-state index contributed by atoms with van der Waals surface area (Å²) in [6.45, 7) is 0.192. The molecule has 0 radical (unpaired) electrons. The number of rotatable bonds is 4. The molecule has 8 heteroatoms. The monoisotopic (exact) mass is 199 g/mol. The van der Waals surface area contributed by atoms with Gasteiger partial charge in [-0.25, -0.2) is 9.89 Å². The number of carbonyl (C=O) groups excluding carboxylic acids is 1. The second-order valence-corrected chi connectivity index (χ2v) is 2.50. The number of nitrogens with one attached hydrogen (secondary N) is 3. The van der Waals surface area contributed by atoms with Crippen molar-refractivity contribution < 1.29 is 4.79 Å². The minimum Gasteiger partial charge on any atom is -0.370 e. The molecule has 5 N–H and O–H groups in total. The number of primary amides is 1. The molecule has 0 saturated carbocycles. The fourth-order valence-electron chi connectivity index (χ4n) is 0.772. The summed E-state index contributed by atoms with van der Waals surface area (Å²) >= 11 is 0. The fourth-order valence-corrected chi connectivity index (χ4v) is 0.772. The van der Waals surface area contributed by atoms with Gasteiger partial charge in [0.1, 0.15) is 0 Å².